The van der Waals surface area contributed by atoms with E-state index in [4.69, 9.17) is 9.15 Å². The summed E-state index contributed by atoms with van der Waals surface area (Å²) in [5, 5.41) is 0. The number of para-hydroxylation sites is 1. The summed E-state index contributed by atoms with van der Waals surface area (Å²) in [4.78, 5) is 35.7. The number of likely N-dealkylation sites (tertiary alicyclic amines) is 1. The fraction of sp³-hybridized carbons (Fsp3) is 0.417. The molecule has 1 amide bonds. The third kappa shape index (κ3) is 4.59. The molecule has 2 aromatic heterocycles. The molecule has 1 aliphatic heterocycles. The molecule has 4 rings (SSSR count). The number of aryl methyl sites for hydroxylation is 2. The highest BCUT2D eigenvalue weighted by atomic mass is 16.5. The summed E-state index contributed by atoms with van der Waals surface area (Å²) in [6, 6.07) is 9.36. The molecule has 32 heavy (non-hydrogen) atoms. The molecule has 8 nitrogen and oxygen atoms in total. The van der Waals surface area contributed by atoms with Crippen LogP contribution in [0.1, 0.15) is 53.9 Å². The maximum Gasteiger partial charge on any atom is 0.348 e. The number of nitrogens with zero attached hydrogens (tertiary/aromatic N) is 4. The zero-order chi connectivity index (χ0) is 22.7. The van der Waals surface area contributed by atoms with Crippen molar-refractivity contribution in [2.45, 2.75) is 52.1 Å². The summed E-state index contributed by atoms with van der Waals surface area (Å²) in [5.41, 5.74) is 1.98. The highest BCUT2D eigenvalue weighted by molar-refractivity contribution is 5.76. The number of carbonyl (C=O) groups is 1. The van der Waals surface area contributed by atoms with E-state index in [-0.39, 0.29) is 18.5 Å². The van der Waals surface area contributed by atoms with Gasteiger partial charge in [-0.2, -0.15) is 4.98 Å². The number of hydrogen-bond acceptors (Lipinski definition) is 6. The highest BCUT2D eigenvalue weighted by Gasteiger charge is 2.31. The monoisotopic (exact) mass is 436 g/mol. The Balaban J connectivity index is 1.53. The van der Waals surface area contributed by atoms with Crippen LogP contribution in [0.2, 0.25) is 0 Å². The van der Waals surface area contributed by atoms with Gasteiger partial charge in [-0.25, -0.2) is 9.78 Å². The van der Waals surface area contributed by atoms with Crippen LogP contribution in [0.25, 0.3) is 0 Å². The van der Waals surface area contributed by atoms with Gasteiger partial charge in [0.25, 0.3) is 0 Å². The van der Waals surface area contributed by atoms with Crippen LogP contribution in [-0.2, 0) is 17.8 Å². The number of ether oxygens (including phenoxy) is 1. The molecule has 1 fully saturated rings. The second kappa shape index (κ2) is 9.38. The summed E-state index contributed by atoms with van der Waals surface area (Å²) >= 11 is 0. The minimum atomic E-state index is -0.403. The molecular formula is C24H28N4O4. The summed E-state index contributed by atoms with van der Waals surface area (Å²) in [6.45, 7) is 4.16. The zero-order valence-electron chi connectivity index (χ0n) is 18.7. The molecule has 0 N–H and O–H groups in total. The van der Waals surface area contributed by atoms with Gasteiger partial charge in [-0.1, -0.05) is 18.2 Å². The van der Waals surface area contributed by atoms with Gasteiger partial charge in [0.05, 0.1) is 13.3 Å². The molecule has 168 valence electrons. The Morgan fingerprint density at radius 3 is 2.84 bits per heavy atom. The second-order valence-electron chi connectivity index (χ2n) is 8.16. The number of rotatable bonds is 6. The van der Waals surface area contributed by atoms with Crippen LogP contribution < -0.4 is 10.4 Å². The Morgan fingerprint density at radius 2 is 2.06 bits per heavy atom. The van der Waals surface area contributed by atoms with Crippen molar-refractivity contribution in [2.75, 3.05) is 13.7 Å². The average Bonchev–Trinajstić information content (AvgIpc) is 3.25. The number of piperidine rings is 1. The largest absolute Gasteiger partial charge is 0.496 e. The Labute approximate surface area is 186 Å². The average molecular weight is 437 g/mol. The van der Waals surface area contributed by atoms with E-state index in [9.17, 15) is 9.59 Å². The highest BCUT2D eigenvalue weighted by Crippen LogP contribution is 2.32. The Hall–Kier alpha value is -3.42. The molecule has 0 aliphatic carbocycles. The van der Waals surface area contributed by atoms with Gasteiger partial charge in [-0.15, -0.1) is 0 Å². The molecule has 0 radical (unpaired) electrons. The van der Waals surface area contributed by atoms with Gasteiger partial charge in [-0.05, 0) is 45.2 Å². The first-order chi connectivity index (χ1) is 15.5. The Morgan fingerprint density at radius 1 is 1.25 bits per heavy atom. The van der Waals surface area contributed by atoms with Gasteiger partial charge in [-0.3, -0.25) is 9.36 Å². The summed E-state index contributed by atoms with van der Waals surface area (Å²) in [6.07, 6.45) is 4.96. The first-order valence-electron chi connectivity index (χ1n) is 10.9. The molecule has 3 aromatic rings. The maximum absolute atomic E-state index is 13.2. The van der Waals surface area contributed by atoms with Crippen LogP contribution in [0.15, 0.2) is 45.7 Å². The molecule has 1 aromatic carbocycles. The van der Waals surface area contributed by atoms with Crippen molar-refractivity contribution >= 4 is 5.91 Å². The second-order valence-corrected chi connectivity index (χ2v) is 8.16. The minimum absolute atomic E-state index is 0.0385. The molecular weight excluding hydrogens is 408 g/mol. The number of amides is 1. The van der Waals surface area contributed by atoms with Crippen molar-refractivity contribution in [1.29, 1.82) is 0 Å². The van der Waals surface area contributed by atoms with Crippen molar-refractivity contribution in [3.8, 4) is 5.75 Å². The van der Waals surface area contributed by atoms with Crippen molar-refractivity contribution in [1.82, 2.24) is 19.4 Å². The fourth-order valence-corrected chi connectivity index (χ4v) is 4.27. The summed E-state index contributed by atoms with van der Waals surface area (Å²) in [5.74, 6) is 1.92. The molecule has 3 heterocycles. The first-order valence-corrected chi connectivity index (χ1v) is 10.9. The van der Waals surface area contributed by atoms with Gasteiger partial charge in [0.1, 0.15) is 24.1 Å². The molecule has 8 heteroatoms. The van der Waals surface area contributed by atoms with Gasteiger partial charge in [0.15, 0.2) is 0 Å². The Bertz CT molecular complexity index is 1170. The van der Waals surface area contributed by atoms with Gasteiger partial charge in [0, 0.05) is 29.9 Å². The molecule has 0 saturated carbocycles. The first kappa shape index (κ1) is 21.8. The molecule has 1 saturated heterocycles. The van der Waals surface area contributed by atoms with E-state index >= 15 is 0 Å². The van der Waals surface area contributed by atoms with Crippen molar-refractivity contribution in [3.05, 3.63) is 75.6 Å². The van der Waals surface area contributed by atoms with E-state index in [0.717, 1.165) is 42.0 Å². The lowest BCUT2D eigenvalue weighted by Gasteiger charge is -2.34. The number of aromatic nitrogens is 3. The van der Waals surface area contributed by atoms with Crippen molar-refractivity contribution in [2.24, 2.45) is 0 Å². The van der Waals surface area contributed by atoms with E-state index < -0.39 is 5.69 Å². The normalized spacial score (nSPS) is 16.2. The van der Waals surface area contributed by atoms with E-state index in [1.165, 1.54) is 4.57 Å². The third-order valence-electron chi connectivity index (χ3n) is 5.88. The van der Waals surface area contributed by atoms with Crippen molar-refractivity contribution < 1.29 is 13.9 Å². The number of hydrogen-bond donors (Lipinski definition) is 0. The molecule has 0 unspecified atom stereocenters. The van der Waals surface area contributed by atoms with E-state index in [1.807, 2.05) is 31.2 Å². The fourth-order valence-electron chi connectivity index (χ4n) is 4.27. The number of oxazole rings is 1. The van der Waals surface area contributed by atoms with E-state index in [1.54, 1.807) is 31.2 Å². The molecule has 1 atom stereocenters. The van der Waals surface area contributed by atoms with Crippen LogP contribution in [0.5, 0.6) is 5.75 Å². The SMILES string of the molecule is COc1ccccc1Cc1cnc([C@H]2CCCCN2C(=O)Cn2c(C)cc(C)nc2=O)o1. The van der Waals surface area contributed by atoms with Crippen LogP contribution in [-0.4, -0.2) is 39.0 Å². The zero-order valence-corrected chi connectivity index (χ0v) is 18.7. The Kier molecular flexibility index (Phi) is 6.39. The number of benzene rings is 1. The lowest BCUT2D eigenvalue weighted by atomic mass is 10.0. The smallest absolute Gasteiger partial charge is 0.348 e. The van der Waals surface area contributed by atoms with Gasteiger partial charge in [0.2, 0.25) is 11.8 Å². The lowest BCUT2D eigenvalue weighted by Crippen LogP contribution is -2.42. The number of carbonyl (C=O) groups excluding carboxylic acids is 1. The molecule has 0 spiro atoms. The van der Waals surface area contributed by atoms with E-state index in [0.29, 0.717) is 24.6 Å². The topological polar surface area (TPSA) is 90.5 Å². The lowest BCUT2D eigenvalue weighted by molar-refractivity contribution is -0.136. The standard InChI is InChI=1S/C24H28N4O4/c1-16-12-17(2)28(24(30)26-16)15-22(29)27-11-7-6-9-20(27)23-25-14-19(32-23)13-18-8-4-5-10-21(18)31-3/h4-5,8,10,12,14,20H,6-7,9,11,13,15H2,1-3H3/t20-/m1/s1. The van der Waals surface area contributed by atoms with Crippen LogP contribution in [0, 0.1) is 13.8 Å². The predicted molar refractivity (Wildman–Crippen MR) is 119 cm³/mol. The predicted octanol–water partition coefficient (Wildman–Crippen LogP) is 3.20. The van der Waals surface area contributed by atoms with E-state index in [2.05, 4.69) is 9.97 Å². The third-order valence-corrected chi connectivity index (χ3v) is 5.88. The van der Waals surface area contributed by atoms with Crippen LogP contribution in [0.3, 0.4) is 0 Å². The minimum Gasteiger partial charge on any atom is -0.496 e. The van der Waals surface area contributed by atoms with Gasteiger partial charge >= 0.3 is 5.69 Å². The summed E-state index contributed by atoms with van der Waals surface area (Å²) in [7, 11) is 1.65. The number of methoxy groups -OCH3 is 1. The van der Waals surface area contributed by atoms with Crippen LogP contribution in [0.4, 0.5) is 0 Å². The maximum atomic E-state index is 13.2. The summed E-state index contributed by atoms with van der Waals surface area (Å²) < 4.78 is 12.9. The quantitative estimate of drug-likeness (QED) is 0.589. The molecule has 0 bridgehead atoms. The van der Waals surface area contributed by atoms with Crippen molar-refractivity contribution in [3.63, 3.8) is 0 Å². The van der Waals surface area contributed by atoms with Crippen LogP contribution >= 0.6 is 0 Å². The van der Waals surface area contributed by atoms with Gasteiger partial charge < -0.3 is 14.1 Å². The molecule has 1 aliphatic rings.